The Bertz CT molecular complexity index is 293. The van der Waals surface area contributed by atoms with Gasteiger partial charge in [-0.25, -0.2) is 0 Å². The summed E-state index contributed by atoms with van der Waals surface area (Å²) in [6.45, 7) is 5.22. The van der Waals surface area contributed by atoms with E-state index in [-0.39, 0.29) is 5.91 Å². The molecule has 0 spiro atoms. The van der Waals surface area contributed by atoms with Gasteiger partial charge in [0.05, 0.1) is 0 Å². The van der Waals surface area contributed by atoms with Gasteiger partial charge in [0.2, 0.25) is 5.91 Å². The third kappa shape index (κ3) is 17.3. The van der Waals surface area contributed by atoms with Crippen molar-refractivity contribution in [1.29, 1.82) is 0 Å². The molecule has 0 radical (unpaired) electrons. The highest BCUT2D eigenvalue weighted by Crippen LogP contribution is 2.07. The van der Waals surface area contributed by atoms with E-state index in [0.717, 1.165) is 45.3 Å². The smallest absolute Gasteiger partial charge is 0.223 e. The second-order valence-electron chi connectivity index (χ2n) is 6.32. The monoisotopic (exact) mass is 326 g/mol. The Morgan fingerprint density at radius 3 is 2.30 bits per heavy atom. The summed E-state index contributed by atoms with van der Waals surface area (Å²) < 4.78 is 0. The molecular weight excluding hydrogens is 288 g/mol. The molecule has 0 saturated carbocycles. The molecule has 0 aromatic heterocycles. The second kappa shape index (κ2) is 17.5. The van der Waals surface area contributed by atoms with Crippen LogP contribution in [-0.4, -0.2) is 49.2 Å². The molecule has 2 N–H and O–H groups in total. The number of unbranched alkanes of at least 4 members (excludes halogenated alkanes) is 7. The summed E-state index contributed by atoms with van der Waals surface area (Å²) in [5.41, 5.74) is 0. The quantitative estimate of drug-likeness (QED) is 0.337. The summed E-state index contributed by atoms with van der Waals surface area (Å²) in [5.74, 6) is 0.119. The number of carbonyl (C=O) groups excluding carboxylic acids is 1. The normalized spacial score (nSPS) is 11.5. The number of carbonyl (C=O) groups is 1. The Morgan fingerprint density at radius 2 is 1.65 bits per heavy atom. The van der Waals surface area contributed by atoms with Crippen LogP contribution in [0.1, 0.15) is 71.1 Å². The first kappa shape index (κ1) is 22.1. The highest BCUT2D eigenvalue weighted by atomic mass is 16.2. The number of rotatable bonds is 16. The van der Waals surface area contributed by atoms with E-state index in [0.29, 0.717) is 13.0 Å². The van der Waals surface area contributed by atoms with Gasteiger partial charge >= 0.3 is 0 Å². The van der Waals surface area contributed by atoms with Crippen LogP contribution in [0.5, 0.6) is 0 Å². The third-order valence-corrected chi connectivity index (χ3v) is 3.94. The van der Waals surface area contributed by atoms with E-state index < -0.39 is 0 Å². The summed E-state index contributed by atoms with van der Waals surface area (Å²) in [7, 11) is 2.12. The first-order chi connectivity index (χ1) is 11.2. The zero-order valence-electron chi connectivity index (χ0n) is 15.4. The van der Waals surface area contributed by atoms with Gasteiger partial charge in [0.1, 0.15) is 0 Å². The topological polar surface area (TPSA) is 52.6 Å². The van der Waals surface area contributed by atoms with E-state index in [4.69, 9.17) is 5.11 Å². The molecule has 0 rings (SSSR count). The van der Waals surface area contributed by atoms with Crippen LogP contribution in [0.2, 0.25) is 0 Å². The molecule has 0 bridgehead atoms. The zero-order valence-corrected chi connectivity index (χ0v) is 15.4. The van der Waals surface area contributed by atoms with Crippen molar-refractivity contribution in [2.45, 2.75) is 71.1 Å². The maximum atomic E-state index is 11.6. The zero-order chi connectivity index (χ0) is 17.2. The SMILES string of the molecule is CCC/C=C/CC(=O)NCCN(C)CCCCCCCCCO. The molecule has 0 fully saturated rings. The number of hydrogen-bond acceptors (Lipinski definition) is 3. The Hall–Kier alpha value is -0.870. The number of nitrogens with one attached hydrogen (secondary N) is 1. The number of nitrogens with zero attached hydrogens (tertiary/aromatic N) is 1. The van der Waals surface area contributed by atoms with Crippen molar-refractivity contribution in [2.75, 3.05) is 33.3 Å². The molecule has 23 heavy (non-hydrogen) atoms. The average Bonchev–Trinajstić information content (AvgIpc) is 2.54. The van der Waals surface area contributed by atoms with Crippen LogP contribution in [0.4, 0.5) is 0 Å². The highest BCUT2D eigenvalue weighted by Gasteiger charge is 2.01. The van der Waals surface area contributed by atoms with Gasteiger partial charge in [-0.05, 0) is 32.9 Å². The third-order valence-electron chi connectivity index (χ3n) is 3.94. The van der Waals surface area contributed by atoms with Crippen molar-refractivity contribution in [3.8, 4) is 0 Å². The standard InChI is InChI=1S/C19H38N2O2/c1-3-4-5-11-14-19(23)20-15-17-21(2)16-12-9-7-6-8-10-13-18-22/h5,11,22H,3-4,6-10,12-18H2,1-2H3,(H,20,23)/b11-5+. The van der Waals surface area contributed by atoms with Gasteiger partial charge in [0, 0.05) is 26.1 Å². The molecule has 0 unspecified atom stereocenters. The molecule has 0 aliphatic heterocycles. The van der Waals surface area contributed by atoms with Crippen LogP contribution in [0.15, 0.2) is 12.2 Å². The lowest BCUT2D eigenvalue weighted by Gasteiger charge is -2.16. The summed E-state index contributed by atoms with van der Waals surface area (Å²) in [4.78, 5) is 13.9. The van der Waals surface area contributed by atoms with E-state index >= 15 is 0 Å². The van der Waals surface area contributed by atoms with Crippen molar-refractivity contribution in [3.05, 3.63) is 12.2 Å². The minimum atomic E-state index is 0.119. The molecule has 0 saturated heterocycles. The lowest BCUT2D eigenvalue weighted by atomic mass is 10.1. The Balaban J connectivity index is 3.36. The lowest BCUT2D eigenvalue weighted by molar-refractivity contribution is -0.120. The lowest BCUT2D eigenvalue weighted by Crippen LogP contribution is -2.33. The number of aliphatic hydroxyl groups excluding tert-OH is 1. The predicted molar refractivity (Wildman–Crippen MR) is 98.6 cm³/mol. The number of likely N-dealkylation sites (N-methyl/N-ethyl adjacent to an activating group) is 1. The molecule has 0 atom stereocenters. The number of amides is 1. The van der Waals surface area contributed by atoms with E-state index in [1.807, 2.05) is 6.08 Å². The minimum absolute atomic E-state index is 0.119. The molecule has 4 nitrogen and oxygen atoms in total. The van der Waals surface area contributed by atoms with Crippen molar-refractivity contribution in [3.63, 3.8) is 0 Å². The fraction of sp³-hybridized carbons (Fsp3) is 0.842. The molecule has 0 heterocycles. The van der Waals surface area contributed by atoms with E-state index in [1.165, 1.54) is 32.1 Å². The summed E-state index contributed by atoms with van der Waals surface area (Å²) in [5, 5.41) is 11.7. The Morgan fingerprint density at radius 1 is 1.00 bits per heavy atom. The van der Waals surface area contributed by atoms with Crippen molar-refractivity contribution in [1.82, 2.24) is 10.2 Å². The number of aliphatic hydroxyl groups is 1. The molecule has 0 aromatic rings. The van der Waals surface area contributed by atoms with Crippen molar-refractivity contribution >= 4 is 5.91 Å². The molecule has 0 aromatic carbocycles. The molecule has 0 aliphatic rings. The summed E-state index contributed by atoms with van der Waals surface area (Å²) in [6.07, 6.45) is 15.1. The predicted octanol–water partition coefficient (Wildman–Crippen LogP) is 3.50. The maximum Gasteiger partial charge on any atom is 0.223 e. The molecule has 136 valence electrons. The van der Waals surface area contributed by atoms with E-state index in [9.17, 15) is 4.79 Å². The van der Waals surface area contributed by atoms with Crippen molar-refractivity contribution in [2.24, 2.45) is 0 Å². The first-order valence-corrected chi connectivity index (χ1v) is 9.41. The van der Waals surface area contributed by atoms with E-state index in [1.54, 1.807) is 0 Å². The van der Waals surface area contributed by atoms with Crippen LogP contribution < -0.4 is 5.32 Å². The number of allylic oxidation sites excluding steroid dienone is 1. The van der Waals surface area contributed by atoms with Gasteiger partial charge < -0.3 is 15.3 Å². The van der Waals surface area contributed by atoms with Crippen molar-refractivity contribution < 1.29 is 9.90 Å². The van der Waals surface area contributed by atoms with E-state index in [2.05, 4.69) is 30.3 Å². The minimum Gasteiger partial charge on any atom is -0.396 e. The molecule has 4 heteroatoms. The summed E-state index contributed by atoms with van der Waals surface area (Å²) >= 11 is 0. The van der Waals surface area contributed by atoms with Crippen LogP contribution in [-0.2, 0) is 4.79 Å². The Labute approximate surface area is 143 Å². The fourth-order valence-electron chi connectivity index (χ4n) is 2.42. The first-order valence-electron chi connectivity index (χ1n) is 9.41. The molecule has 0 aliphatic carbocycles. The number of hydrogen-bond donors (Lipinski definition) is 2. The second-order valence-corrected chi connectivity index (χ2v) is 6.32. The van der Waals surface area contributed by atoms with Gasteiger partial charge in [0.15, 0.2) is 0 Å². The van der Waals surface area contributed by atoms with Crippen LogP contribution in [0.25, 0.3) is 0 Å². The summed E-state index contributed by atoms with van der Waals surface area (Å²) in [6, 6.07) is 0. The average molecular weight is 327 g/mol. The fourth-order valence-corrected chi connectivity index (χ4v) is 2.42. The van der Waals surface area contributed by atoms with Gasteiger partial charge in [-0.15, -0.1) is 0 Å². The van der Waals surface area contributed by atoms with Crippen LogP contribution >= 0.6 is 0 Å². The largest absolute Gasteiger partial charge is 0.396 e. The van der Waals surface area contributed by atoms with Crippen LogP contribution in [0, 0.1) is 0 Å². The van der Waals surface area contributed by atoms with Gasteiger partial charge in [-0.3, -0.25) is 4.79 Å². The molecular formula is C19H38N2O2. The van der Waals surface area contributed by atoms with Gasteiger partial charge in [-0.2, -0.15) is 0 Å². The van der Waals surface area contributed by atoms with Gasteiger partial charge in [-0.1, -0.05) is 57.6 Å². The van der Waals surface area contributed by atoms with Crippen LogP contribution in [0.3, 0.4) is 0 Å². The maximum absolute atomic E-state index is 11.6. The van der Waals surface area contributed by atoms with Gasteiger partial charge in [0.25, 0.3) is 0 Å². The molecule has 1 amide bonds. The Kier molecular flexibility index (Phi) is 16.8. The highest BCUT2D eigenvalue weighted by molar-refractivity contribution is 5.77.